The number of urea groups is 1. The lowest BCUT2D eigenvalue weighted by molar-refractivity contribution is 0.0713. The summed E-state index contributed by atoms with van der Waals surface area (Å²) in [5, 5.41) is 11.7. The standard InChI is InChI=1S/C31H33N5O4/c1-22-7-10-27(29(37)35-16-13-26(14-17-35)25-11-8-23(20-32)9-12-25)19-28(22)36(30(33)38)18-15-34-31(39)40-21-24-5-3-2-4-6-24/h2-12,19,26H,13-18,21H2,1H3,(H2,33,38)(H,34,39). The van der Waals surface area contributed by atoms with E-state index in [1.54, 1.807) is 18.2 Å². The minimum Gasteiger partial charge on any atom is -0.445 e. The fourth-order valence-corrected chi connectivity index (χ4v) is 4.85. The van der Waals surface area contributed by atoms with E-state index >= 15 is 0 Å². The molecule has 206 valence electrons. The molecule has 1 aliphatic heterocycles. The third-order valence-corrected chi connectivity index (χ3v) is 7.12. The van der Waals surface area contributed by atoms with Gasteiger partial charge in [0.15, 0.2) is 0 Å². The van der Waals surface area contributed by atoms with Crippen molar-refractivity contribution in [2.75, 3.05) is 31.1 Å². The van der Waals surface area contributed by atoms with E-state index in [0.29, 0.717) is 35.8 Å². The molecule has 3 N–H and O–H groups in total. The number of nitrogens with two attached hydrogens (primary N) is 1. The number of nitrogens with zero attached hydrogens (tertiary/aromatic N) is 3. The Labute approximate surface area is 234 Å². The second-order valence-electron chi connectivity index (χ2n) is 9.78. The molecule has 3 aromatic carbocycles. The van der Waals surface area contributed by atoms with E-state index in [0.717, 1.165) is 24.0 Å². The number of carbonyl (C=O) groups is 3. The van der Waals surface area contributed by atoms with Gasteiger partial charge in [0.2, 0.25) is 0 Å². The van der Waals surface area contributed by atoms with Crippen LogP contribution in [0.3, 0.4) is 0 Å². The van der Waals surface area contributed by atoms with Gasteiger partial charge in [-0.2, -0.15) is 5.26 Å². The summed E-state index contributed by atoms with van der Waals surface area (Å²) in [4.78, 5) is 41.0. The number of primary amides is 1. The second-order valence-corrected chi connectivity index (χ2v) is 9.78. The van der Waals surface area contributed by atoms with Gasteiger partial charge in [-0.05, 0) is 66.6 Å². The van der Waals surface area contributed by atoms with Crippen LogP contribution in [0.2, 0.25) is 0 Å². The van der Waals surface area contributed by atoms with Gasteiger partial charge in [-0.3, -0.25) is 9.69 Å². The Kier molecular flexibility index (Phi) is 9.36. The Morgan fingerprint density at radius 3 is 2.40 bits per heavy atom. The second kappa shape index (κ2) is 13.3. The Balaban J connectivity index is 1.34. The first-order valence-corrected chi connectivity index (χ1v) is 13.3. The van der Waals surface area contributed by atoms with Crippen molar-refractivity contribution in [1.29, 1.82) is 5.26 Å². The summed E-state index contributed by atoms with van der Waals surface area (Å²) < 4.78 is 5.22. The van der Waals surface area contributed by atoms with Crippen LogP contribution in [0.4, 0.5) is 15.3 Å². The molecular weight excluding hydrogens is 506 g/mol. The molecule has 3 aromatic rings. The number of nitrogens with one attached hydrogen (secondary N) is 1. The summed E-state index contributed by atoms with van der Waals surface area (Å²) in [6.07, 6.45) is 1.06. The number of carbonyl (C=O) groups excluding carboxylic acids is 3. The van der Waals surface area contributed by atoms with Crippen LogP contribution in [0.15, 0.2) is 72.8 Å². The van der Waals surface area contributed by atoms with Crippen LogP contribution in [-0.2, 0) is 11.3 Å². The van der Waals surface area contributed by atoms with E-state index in [1.165, 1.54) is 10.5 Å². The number of nitriles is 1. The number of hydrogen-bond donors (Lipinski definition) is 2. The predicted molar refractivity (Wildman–Crippen MR) is 152 cm³/mol. The fourth-order valence-electron chi connectivity index (χ4n) is 4.85. The minimum atomic E-state index is -0.685. The highest BCUT2D eigenvalue weighted by atomic mass is 16.5. The lowest BCUT2D eigenvalue weighted by Gasteiger charge is -2.32. The molecule has 0 aliphatic carbocycles. The predicted octanol–water partition coefficient (Wildman–Crippen LogP) is 4.70. The average molecular weight is 540 g/mol. The molecule has 0 unspecified atom stereocenters. The summed E-state index contributed by atoms with van der Waals surface area (Å²) in [7, 11) is 0. The molecule has 0 aromatic heterocycles. The molecule has 1 heterocycles. The van der Waals surface area contributed by atoms with Crippen molar-refractivity contribution in [2.24, 2.45) is 5.73 Å². The van der Waals surface area contributed by atoms with E-state index in [4.69, 9.17) is 15.7 Å². The zero-order valence-corrected chi connectivity index (χ0v) is 22.5. The summed E-state index contributed by atoms with van der Waals surface area (Å²) in [5.74, 6) is 0.231. The summed E-state index contributed by atoms with van der Waals surface area (Å²) in [5.41, 5.74) is 10.1. The Bertz CT molecular complexity index is 1380. The Morgan fingerprint density at radius 2 is 1.75 bits per heavy atom. The van der Waals surface area contributed by atoms with Gasteiger partial charge in [0.1, 0.15) is 6.61 Å². The number of benzene rings is 3. The molecule has 0 saturated carbocycles. The molecule has 0 bridgehead atoms. The van der Waals surface area contributed by atoms with Gasteiger partial charge in [0.05, 0.1) is 11.6 Å². The Hall–Kier alpha value is -4.84. The number of aryl methyl sites for hydroxylation is 1. The molecule has 0 atom stereocenters. The molecule has 1 aliphatic rings. The van der Waals surface area contributed by atoms with Gasteiger partial charge in [-0.1, -0.05) is 48.5 Å². The normalized spacial score (nSPS) is 13.2. The van der Waals surface area contributed by atoms with Crippen molar-refractivity contribution >= 4 is 23.7 Å². The molecule has 1 saturated heterocycles. The van der Waals surface area contributed by atoms with Crippen LogP contribution in [-0.4, -0.2) is 49.1 Å². The van der Waals surface area contributed by atoms with Crippen LogP contribution in [0.1, 0.15) is 51.4 Å². The van der Waals surface area contributed by atoms with Crippen molar-refractivity contribution in [3.05, 3.63) is 101 Å². The summed E-state index contributed by atoms with van der Waals surface area (Å²) >= 11 is 0. The highest BCUT2D eigenvalue weighted by Crippen LogP contribution is 2.30. The van der Waals surface area contributed by atoms with Crippen molar-refractivity contribution in [2.45, 2.75) is 32.3 Å². The summed E-state index contributed by atoms with van der Waals surface area (Å²) in [6, 6.07) is 23.6. The topological polar surface area (TPSA) is 129 Å². The largest absolute Gasteiger partial charge is 0.445 e. The highest BCUT2D eigenvalue weighted by Gasteiger charge is 2.26. The van der Waals surface area contributed by atoms with Gasteiger partial charge in [0, 0.05) is 37.4 Å². The fraction of sp³-hybridized carbons (Fsp3) is 0.290. The average Bonchev–Trinajstić information content (AvgIpc) is 2.99. The molecule has 9 nitrogen and oxygen atoms in total. The first kappa shape index (κ1) is 28.2. The number of amides is 4. The molecule has 4 amide bonds. The molecule has 0 spiro atoms. The molecule has 1 fully saturated rings. The number of hydrogen-bond acceptors (Lipinski definition) is 5. The molecule has 0 radical (unpaired) electrons. The van der Waals surface area contributed by atoms with Gasteiger partial charge in [0.25, 0.3) is 5.91 Å². The minimum absolute atomic E-state index is 0.105. The number of anilines is 1. The summed E-state index contributed by atoms with van der Waals surface area (Å²) in [6.45, 7) is 3.44. The maximum atomic E-state index is 13.4. The maximum absolute atomic E-state index is 13.4. The smallest absolute Gasteiger partial charge is 0.407 e. The third-order valence-electron chi connectivity index (χ3n) is 7.12. The highest BCUT2D eigenvalue weighted by molar-refractivity contribution is 5.98. The van der Waals surface area contributed by atoms with Gasteiger partial charge in [-0.25, -0.2) is 9.59 Å². The van der Waals surface area contributed by atoms with Crippen LogP contribution in [0, 0.1) is 18.3 Å². The number of alkyl carbamates (subject to hydrolysis) is 1. The molecule has 4 rings (SSSR count). The van der Waals surface area contributed by atoms with Crippen LogP contribution in [0.5, 0.6) is 0 Å². The van der Waals surface area contributed by atoms with Crippen molar-refractivity contribution in [1.82, 2.24) is 10.2 Å². The van der Waals surface area contributed by atoms with E-state index < -0.39 is 12.1 Å². The first-order chi connectivity index (χ1) is 19.4. The lowest BCUT2D eigenvalue weighted by Crippen LogP contribution is -2.42. The van der Waals surface area contributed by atoms with Gasteiger partial charge < -0.3 is 20.7 Å². The zero-order chi connectivity index (χ0) is 28.5. The van der Waals surface area contributed by atoms with E-state index in [1.807, 2.05) is 66.4 Å². The number of ether oxygens (including phenoxy) is 1. The molecule has 9 heteroatoms. The van der Waals surface area contributed by atoms with Crippen LogP contribution >= 0.6 is 0 Å². The molecular formula is C31H33N5O4. The lowest BCUT2D eigenvalue weighted by atomic mass is 9.89. The number of likely N-dealkylation sites (tertiary alicyclic amines) is 1. The van der Waals surface area contributed by atoms with Crippen molar-refractivity contribution < 1.29 is 19.1 Å². The zero-order valence-electron chi connectivity index (χ0n) is 22.5. The monoisotopic (exact) mass is 539 g/mol. The quantitative estimate of drug-likeness (QED) is 0.429. The number of piperidine rings is 1. The Morgan fingerprint density at radius 1 is 1.05 bits per heavy atom. The van der Waals surface area contributed by atoms with E-state index in [-0.39, 0.29) is 25.6 Å². The van der Waals surface area contributed by atoms with Crippen molar-refractivity contribution in [3.8, 4) is 6.07 Å². The van der Waals surface area contributed by atoms with E-state index in [9.17, 15) is 14.4 Å². The molecule has 40 heavy (non-hydrogen) atoms. The van der Waals surface area contributed by atoms with Crippen LogP contribution < -0.4 is 16.0 Å². The number of rotatable bonds is 8. The maximum Gasteiger partial charge on any atom is 0.407 e. The SMILES string of the molecule is Cc1ccc(C(=O)N2CCC(c3ccc(C#N)cc3)CC2)cc1N(CCNC(=O)OCc1ccccc1)C(N)=O. The van der Waals surface area contributed by atoms with Gasteiger partial charge in [-0.15, -0.1) is 0 Å². The third kappa shape index (κ3) is 7.17. The van der Waals surface area contributed by atoms with Gasteiger partial charge >= 0.3 is 12.1 Å². The van der Waals surface area contributed by atoms with Crippen LogP contribution in [0.25, 0.3) is 0 Å². The van der Waals surface area contributed by atoms with Crippen molar-refractivity contribution in [3.63, 3.8) is 0 Å². The first-order valence-electron chi connectivity index (χ1n) is 13.3. The van der Waals surface area contributed by atoms with E-state index in [2.05, 4.69) is 11.4 Å².